The molecule has 10 heteroatoms. The molecule has 1 saturated heterocycles. The summed E-state index contributed by atoms with van der Waals surface area (Å²) in [5.41, 5.74) is 0.0144. The number of fused-ring (bicyclic) bond motifs is 1. The van der Waals surface area contributed by atoms with Crippen LogP contribution in [0.1, 0.15) is 41.0 Å². The number of carbonyl (C=O) groups excluding carboxylic acids is 4. The second kappa shape index (κ2) is 9.42. The Kier molecular flexibility index (Phi) is 6.53. The van der Waals surface area contributed by atoms with Gasteiger partial charge < -0.3 is 0 Å². The zero-order valence-electron chi connectivity index (χ0n) is 19.0. The van der Waals surface area contributed by atoms with E-state index in [2.05, 4.69) is 0 Å². The van der Waals surface area contributed by atoms with Crippen LogP contribution in [0.25, 0.3) is 0 Å². The van der Waals surface area contributed by atoms with Gasteiger partial charge in [0, 0.05) is 28.3 Å². The Morgan fingerprint density at radius 1 is 1.06 bits per heavy atom. The minimum absolute atomic E-state index is 0.00648. The molecular formula is C25H22ClN3O6. The van der Waals surface area contributed by atoms with Gasteiger partial charge in [0.25, 0.3) is 23.4 Å². The van der Waals surface area contributed by atoms with Crippen molar-refractivity contribution in [1.29, 1.82) is 0 Å². The van der Waals surface area contributed by atoms with E-state index >= 15 is 0 Å². The van der Waals surface area contributed by atoms with Gasteiger partial charge >= 0.3 is 0 Å². The van der Waals surface area contributed by atoms with Gasteiger partial charge in [-0.1, -0.05) is 30.7 Å². The molecule has 180 valence electrons. The molecule has 1 fully saturated rings. The van der Waals surface area contributed by atoms with E-state index in [9.17, 15) is 29.3 Å². The van der Waals surface area contributed by atoms with Crippen LogP contribution in [-0.4, -0.2) is 44.5 Å². The zero-order chi connectivity index (χ0) is 25.4. The highest BCUT2D eigenvalue weighted by Crippen LogP contribution is 2.40. The maximum Gasteiger partial charge on any atom is 0.273 e. The number of hydrazine groups is 1. The van der Waals surface area contributed by atoms with E-state index < -0.39 is 46.3 Å². The Morgan fingerprint density at radius 3 is 2.23 bits per heavy atom. The highest BCUT2D eigenvalue weighted by Gasteiger charge is 2.54. The number of nitro groups is 1. The summed E-state index contributed by atoms with van der Waals surface area (Å²) in [5, 5.41) is 13.1. The number of nitro benzene ring substituents is 1. The SMILES string of the molecule is C[C@@H]1C=CC[C@@H]2C(=O)N(N(C(=O)c3ccc([N+](=O)[O-])cc3)[C@H](C)C(=O)c3ccc(Cl)cc3)C(=O)[C@H]12. The minimum atomic E-state index is -1.23. The lowest BCUT2D eigenvalue weighted by molar-refractivity contribution is -0.384. The average molecular weight is 496 g/mol. The van der Waals surface area contributed by atoms with Gasteiger partial charge in [0.05, 0.1) is 16.8 Å². The number of imide groups is 1. The quantitative estimate of drug-likeness (QED) is 0.196. The number of hydrogen-bond donors (Lipinski definition) is 0. The first kappa shape index (κ1) is 24.3. The van der Waals surface area contributed by atoms with Crippen molar-refractivity contribution in [2.45, 2.75) is 26.3 Å². The molecule has 35 heavy (non-hydrogen) atoms. The van der Waals surface area contributed by atoms with Crippen molar-refractivity contribution in [2.24, 2.45) is 17.8 Å². The van der Waals surface area contributed by atoms with Gasteiger partial charge in [0.15, 0.2) is 5.78 Å². The van der Waals surface area contributed by atoms with Crippen molar-refractivity contribution in [2.75, 3.05) is 0 Å². The molecule has 2 aliphatic rings. The topological polar surface area (TPSA) is 118 Å². The number of hydrogen-bond acceptors (Lipinski definition) is 6. The van der Waals surface area contributed by atoms with Crippen molar-refractivity contribution in [3.8, 4) is 0 Å². The fourth-order valence-corrected chi connectivity index (χ4v) is 4.73. The van der Waals surface area contributed by atoms with Crippen LogP contribution < -0.4 is 0 Å². The van der Waals surface area contributed by atoms with Crippen LogP contribution >= 0.6 is 11.6 Å². The Labute approximate surface area is 206 Å². The minimum Gasteiger partial charge on any atom is -0.292 e. The van der Waals surface area contributed by atoms with E-state index in [4.69, 9.17) is 11.6 Å². The summed E-state index contributed by atoms with van der Waals surface area (Å²) in [6.07, 6.45) is 4.06. The third-order valence-electron chi connectivity index (χ3n) is 6.47. The van der Waals surface area contributed by atoms with Crippen molar-refractivity contribution in [1.82, 2.24) is 10.0 Å². The molecule has 2 aromatic rings. The predicted octanol–water partition coefficient (Wildman–Crippen LogP) is 4.07. The third-order valence-corrected chi connectivity index (χ3v) is 6.73. The normalized spacial score (nSPS) is 22.0. The number of carbonyl (C=O) groups is 4. The van der Waals surface area contributed by atoms with E-state index in [0.29, 0.717) is 11.4 Å². The Bertz CT molecular complexity index is 1240. The van der Waals surface area contributed by atoms with E-state index in [0.717, 1.165) is 22.2 Å². The molecular weight excluding hydrogens is 474 g/mol. The van der Waals surface area contributed by atoms with Crippen LogP contribution in [0, 0.1) is 27.9 Å². The molecule has 1 heterocycles. The summed E-state index contributed by atoms with van der Waals surface area (Å²) in [6, 6.07) is 9.58. The number of Topliss-reactive ketones (excluding diaryl/α,β-unsaturated/α-hetero) is 1. The Hall–Kier alpha value is -3.85. The van der Waals surface area contributed by atoms with Crippen LogP contribution in [-0.2, 0) is 9.59 Å². The van der Waals surface area contributed by atoms with E-state index in [1.165, 1.54) is 43.3 Å². The molecule has 0 radical (unpaired) electrons. The maximum atomic E-state index is 13.6. The molecule has 0 aromatic heterocycles. The molecule has 0 N–H and O–H groups in total. The Morgan fingerprint density at radius 2 is 1.66 bits per heavy atom. The van der Waals surface area contributed by atoms with Crippen molar-refractivity contribution in [3.63, 3.8) is 0 Å². The van der Waals surface area contributed by atoms with E-state index in [-0.39, 0.29) is 22.7 Å². The third kappa shape index (κ3) is 4.35. The molecule has 0 bridgehead atoms. The van der Waals surface area contributed by atoms with Gasteiger partial charge in [0.1, 0.15) is 6.04 Å². The summed E-state index contributed by atoms with van der Waals surface area (Å²) >= 11 is 5.92. The maximum absolute atomic E-state index is 13.6. The van der Waals surface area contributed by atoms with Crippen LogP contribution in [0.2, 0.25) is 5.02 Å². The second-order valence-corrected chi connectivity index (χ2v) is 9.08. The number of ketones is 1. The van der Waals surface area contributed by atoms with Crippen LogP contribution in [0.3, 0.4) is 0 Å². The van der Waals surface area contributed by atoms with Gasteiger partial charge in [-0.05, 0) is 55.7 Å². The lowest BCUT2D eigenvalue weighted by Crippen LogP contribution is -2.56. The summed E-state index contributed by atoms with van der Waals surface area (Å²) in [5.74, 6) is -3.89. The number of non-ortho nitro benzene ring substituents is 1. The highest BCUT2D eigenvalue weighted by molar-refractivity contribution is 6.30. The number of benzene rings is 2. The summed E-state index contributed by atoms with van der Waals surface area (Å²) in [7, 11) is 0. The molecule has 2 aromatic carbocycles. The van der Waals surface area contributed by atoms with Crippen LogP contribution in [0.15, 0.2) is 60.7 Å². The zero-order valence-corrected chi connectivity index (χ0v) is 19.7. The standard InChI is InChI=1S/C25H22ClN3O6/c1-14-4-3-5-20-21(14)25(33)28(24(20)32)27(15(2)22(30)16-6-10-18(26)11-7-16)23(31)17-8-12-19(13-9-17)29(34)35/h3-4,6-15,20-21H,5H2,1-2H3/t14-,15-,20+,21-/m1/s1. The highest BCUT2D eigenvalue weighted by atomic mass is 35.5. The summed E-state index contributed by atoms with van der Waals surface area (Å²) in [6.45, 7) is 3.26. The Balaban J connectivity index is 1.76. The first-order valence-electron chi connectivity index (χ1n) is 11.0. The molecule has 1 aliphatic heterocycles. The fraction of sp³-hybridized carbons (Fsp3) is 0.280. The fourth-order valence-electron chi connectivity index (χ4n) is 4.61. The van der Waals surface area contributed by atoms with Gasteiger partial charge in [-0.15, -0.1) is 0 Å². The van der Waals surface area contributed by atoms with Gasteiger partial charge in [-0.2, -0.15) is 5.01 Å². The van der Waals surface area contributed by atoms with Crippen molar-refractivity contribution in [3.05, 3.63) is 86.9 Å². The van der Waals surface area contributed by atoms with Gasteiger partial charge in [0.2, 0.25) is 0 Å². The molecule has 4 atom stereocenters. The monoisotopic (exact) mass is 495 g/mol. The lowest BCUT2D eigenvalue weighted by Gasteiger charge is -2.34. The molecule has 1 aliphatic carbocycles. The first-order chi connectivity index (χ1) is 16.6. The second-order valence-electron chi connectivity index (χ2n) is 8.64. The molecule has 0 saturated carbocycles. The smallest absolute Gasteiger partial charge is 0.273 e. The average Bonchev–Trinajstić information content (AvgIpc) is 3.10. The van der Waals surface area contributed by atoms with Crippen LogP contribution in [0.4, 0.5) is 5.69 Å². The van der Waals surface area contributed by atoms with Crippen molar-refractivity contribution < 1.29 is 24.1 Å². The molecule has 0 spiro atoms. The number of rotatable bonds is 6. The van der Waals surface area contributed by atoms with Crippen molar-refractivity contribution >= 4 is 40.8 Å². The van der Waals surface area contributed by atoms with E-state index in [1.807, 2.05) is 19.1 Å². The molecule has 3 amide bonds. The predicted molar refractivity (Wildman–Crippen MR) is 126 cm³/mol. The summed E-state index contributed by atoms with van der Waals surface area (Å²) < 4.78 is 0. The first-order valence-corrected chi connectivity index (χ1v) is 11.4. The number of allylic oxidation sites excluding steroid dienone is 2. The molecule has 9 nitrogen and oxygen atoms in total. The number of amides is 3. The van der Waals surface area contributed by atoms with Gasteiger partial charge in [-0.25, -0.2) is 5.01 Å². The number of nitrogens with zero attached hydrogens (tertiary/aromatic N) is 3. The summed E-state index contributed by atoms with van der Waals surface area (Å²) in [4.78, 5) is 64.2. The van der Waals surface area contributed by atoms with Crippen LogP contribution in [0.5, 0.6) is 0 Å². The lowest BCUT2D eigenvalue weighted by atomic mass is 9.78. The molecule has 0 unspecified atom stereocenters. The van der Waals surface area contributed by atoms with E-state index in [1.54, 1.807) is 0 Å². The molecule has 4 rings (SSSR count). The van der Waals surface area contributed by atoms with Gasteiger partial charge in [-0.3, -0.25) is 29.3 Å². The largest absolute Gasteiger partial charge is 0.292 e. The number of halogens is 1.